The van der Waals surface area contributed by atoms with E-state index in [1.165, 1.54) is 17.7 Å². The molecular formula is C25H28FN5O4. The van der Waals surface area contributed by atoms with Crippen molar-refractivity contribution in [3.63, 3.8) is 0 Å². The molecule has 9 nitrogen and oxygen atoms in total. The quantitative estimate of drug-likeness (QED) is 0.543. The number of ether oxygens (including phenoxy) is 1. The minimum Gasteiger partial charge on any atom is -0.481 e. The molecule has 0 radical (unpaired) electrons. The molecule has 2 aromatic heterocycles. The smallest absolute Gasteiger partial charge is 0.350 e. The number of carbonyl (C=O) groups excluding carboxylic acids is 1. The number of pyridine rings is 1. The molecule has 184 valence electrons. The standard InChI is InChI=1S/C25H28FN5O4/c1-7-29-21(12-32)28-31(25(29)34)20-9-16-17(8-19(20)26)24(33)30(11-18(16)13(2)3)22-14(4)10-27-23(35-6)15(22)5/h8-10,18,32H,2,7,11-12H2,1,3-6H3/t18-/m0/s1. The van der Waals surface area contributed by atoms with Crippen molar-refractivity contribution >= 4 is 11.6 Å². The van der Waals surface area contributed by atoms with Gasteiger partial charge >= 0.3 is 5.69 Å². The van der Waals surface area contributed by atoms with Gasteiger partial charge in [-0.05, 0) is 51.0 Å². The lowest BCUT2D eigenvalue weighted by atomic mass is 9.84. The second-order valence-electron chi connectivity index (χ2n) is 8.64. The predicted molar refractivity (Wildman–Crippen MR) is 129 cm³/mol. The van der Waals surface area contributed by atoms with Crippen molar-refractivity contribution in [1.82, 2.24) is 19.3 Å². The highest BCUT2D eigenvalue weighted by Gasteiger charge is 2.36. The molecule has 35 heavy (non-hydrogen) atoms. The van der Waals surface area contributed by atoms with E-state index in [0.717, 1.165) is 21.9 Å². The molecule has 0 fully saturated rings. The number of aromatic nitrogens is 4. The number of halogens is 1. The Kier molecular flexibility index (Phi) is 6.33. The summed E-state index contributed by atoms with van der Waals surface area (Å²) in [5, 5.41) is 13.7. The first kappa shape index (κ1) is 24.3. The highest BCUT2D eigenvalue weighted by molar-refractivity contribution is 6.09. The number of aliphatic hydroxyl groups is 1. The van der Waals surface area contributed by atoms with Crippen LogP contribution in [-0.2, 0) is 13.2 Å². The van der Waals surface area contributed by atoms with Gasteiger partial charge in [0.1, 0.15) is 18.1 Å². The number of benzene rings is 1. The minimum absolute atomic E-state index is 0.0823. The Morgan fingerprint density at radius 2 is 2.03 bits per heavy atom. The van der Waals surface area contributed by atoms with Crippen LogP contribution in [0.1, 0.15) is 52.6 Å². The van der Waals surface area contributed by atoms with Gasteiger partial charge in [0.05, 0.1) is 12.8 Å². The number of carbonyl (C=O) groups is 1. The summed E-state index contributed by atoms with van der Waals surface area (Å²) < 4.78 is 23.0. The summed E-state index contributed by atoms with van der Waals surface area (Å²) in [7, 11) is 1.51. The molecular weight excluding hydrogens is 453 g/mol. The molecule has 1 N–H and O–H groups in total. The number of aliphatic hydroxyl groups excluding tert-OH is 1. The van der Waals surface area contributed by atoms with Crippen molar-refractivity contribution in [3.8, 4) is 11.6 Å². The van der Waals surface area contributed by atoms with Crippen LogP contribution in [0.3, 0.4) is 0 Å². The average molecular weight is 482 g/mol. The molecule has 10 heteroatoms. The molecule has 1 atom stereocenters. The second kappa shape index (κ2) is 9.10. The van der Waals surface area contributed by atoms with Gasteiger partial charge in [-0.3, -0.25) is 9.36 Å². The van der Waals surface area contributed by atoms with Gasteiger partial charge < -0.3 is 14.7 Å². The predicted octanol–water partition coefficient (Wildman–Crippen LogP) is 3.03. The Balaban J connectivity index is 1.91. The first-order valence-electron chi connectivity index (χ1n) is 11.2. The van der Waals surface area contributed by atoms with Gasteiger partial charge in [0.25, 0.3) is 5.91 Å². The van der Waals surface area contributed by atoms with Crippen molar-refractivity contribution in [2.24, 2.45) is 0 Å². The van der Waals surface area contributed by atoms with Crippen LogP contribution in [0, 0.1) is 19.7 Å². The van der Waals surface area contributed by atoms with E-state index in [2.05, 4.69) is 16.7 Å². The maximum absolute atomic E-state index is 15.4. The van der Waals surface area contributed by atoms with Gasteiger partial charge in [-0.2, -0.15) is 4.68 Å². The zero-order chi connectivity index (χ0) is 25.6. The zero-order valence-electron chi connectivity index (χ0n) is 20.4. The highest BCUT2D eigenvalue weighted by atomic mass is 19.1. The van der Waals surface area contributed by atoms with Crippen LogP contribution in [0.4, 0.5) is 10.1 Å². The van der Waals surface area contributed by atoms with Crippen LogP contribution in [0.2, 0.25) is 0 Å². The Morgan fingerprint density at radius 3 is 2.60 bits per heavy atom. The van der Waals surface area contributed by atoms with E-state index in [4.69, 9.17) is 4.74 Å². The Morgan fingerprint density at radius 1 is 1.31 bits per heavy atom. The van der Waals surface area contributed by atoms with Crippen LogP contribution in [0.15, 0.2) is 35.3 Å². The Bertz CT molecular complexity index is 1410. The number of anilines is 1. The first-order chi connectivity index (χ1) is 16.6. The number of aryl methyl sites for hydroxylation is 1. The van der Waals surface area contributed by atoms with Crippen LogP contribution in [0.25, 0.3) is 5.69 Å². The number of nitrogens with zero attached hydrogens (tertiary/aromatic N) is 5. The summed E-state index contributed by atoms with van der Waals surface area (Å²) in [6.45, 7) is 11.5. The van der Waals surface area contributed by atoms with Crippen molar-refractivity contribution in [3.05, 3.63) is 74.9 Å². The van der Waals surface area contributed by atoms with Crippen molar-refractivity contribution in [1.29, 1.82) is 0 Å². The van der Waals surface area contributed by atoms with E-state index >= 15 is 4.39 Å². The summed E-state index contributed by atoms with van der Waals surface area (Å²) in [4.78, 5) is 32.4. The zero-order valence-corrected chi connectivity index (χ0v) is 20.4. The average Bonchev–Trinajstić information content (AvgIpc) is 3.15. The summed E-state index contributed by atoms with van der Waals surface area (Å²) in [5.74, 6) is -0.923. The maximum atomic E-state index is 15.4. The van der Waals surface area contributed by atoms with Gasteiger partial charge in [-0.15, -0.1) is 5.10 Å². The van der Waals surface area contributed by atoms with Crippen LogP contribution in [0.5, 0.6) is 5.88 Å². The molecule has 4 rings (SSSR count). The number of rotatable bonds is 6. The number of hydrogen-bond acceptors (Lipinski definition) is 6. The molecule has 3 heterocycles. The summed E-state index contributed by atoms with van der Waals surface area (Å²) in [6.07, 6.45) is 1.64. The molecule has 0 spiro atoms. The molecule has 1 amide bonds. The van der Waals surface area contributed by atoms with Gasteiger partial charge in [-0.25, -0.2) is 14.2 Å². The molecule has 1 aromatic carbocycles. The van der Waals surface area contributed by atoms with Gasteiger partial charge in [0.15, 0.2) is 5.82 Å². The number of amides is 1. The van der Waals surface area contributed by atoms with E-state index in [0.29, 0.717) is 22.7 Å². The van der Waals surface area contributed by atoms with Gasteiger partial charge in [0.2, 0.25) is 5.88 Å². The molecule has 1 aliphatic heterocycles. The SMILES string of the molecule is C=C(C)[C@@H]1CN(c2c(C)cnc(OC)c2C)C(=O)c2cc(F)c(-n3nc(CO)n(CC)c3=O)cc21. The lowest BCUT2D eigenvalue weighted by Crippen LogP contribution is -2.41. The lowest BCUT2D eigenvalue weighted by Gasteiger charge is -2.36. The van der Waals surface area contributed by atoms with E-state index < -0.39 is 18.1 Å². The van der Waals surface area contributed by atoms with Crippen LogP contribution >= 0.6 is 0 Å². The molecule has 3 aromatic rings. The molecule has 0 bridgehead atoms. The van der Waals surface area contributed by atoms with E-state index in [1.807, 2.05) is 20.8 Å². The lowest BCUT2D eigenvalue weighted by molar-refractivity contribution is 0.0977. The third kappa shape index (κ3) is 3.83. The Labute approximate surface area is 202 Å². The maximum Gasteiger partial charge on any atom is 0.350 e. The summed E-state index contributed by atoms with van der Waals surface area (Å²) >= 11 is 0. The van der Waals surface area contributed by atoms with Crippen LogP contribution < -0.4 is 15.3 Å². The molecule has 1 aliphatic rings. The van der Waals surface area contributed by atoms with Crippen molar-refractivity contribution in [2.75, 3.05) is 18.6 Å². The second-order valence-corrected chi connectivity index (χ2v) is 8.64. The monoisotopic (exact) mass is 481 g/mol. The fourth-order valence-corrected chi connectivity index (χ4v) is 4.70. The Hall–Kier alpha value is -3.79. The summed E-state index contributed by atoms with van der Waals surface area (Å²) in [5.41, 5.74) is 3.03. The normalized spacial score (nSPS) is 15.3. The third-order valence-corrected chi connectivity index (χ3v) is 6.44. The van der Waals surface area contributed by atoms with Crippen molar-refractivity contribution in [2.45, 2.75) is 46.8 Å². The number of fused-ring (bicyclic) bond motifs is 1. The van der Waals surface area contributed by atoms with E-state index in [1.54, 1.807) is 18.0 Å². The van der Waals surface area contributed by atoms with Crippen molar-refractivity contribution < 1.29 is 19.0 Å². The topological polar surface area (TPSA) is 102 Å². The highest BCUT2D eigenvalue weighted by Crippen LogP contribution is 2.40. The number of methoxy groups -OCH3 is 1. The molecule has 0 aliphatic carbocycles. The minimum atomic E-state index is -0.771. The number of hydrogen-bond donors (Lipinski definition) is 1. The van der Waals surface area contributed by atoms with E-state index in [-0.39, 0.29) is 42.0 Å². The fraction of sp³-hybridized carbons (Fsp3) is 0.360. The first-order valence-corrected chi connectivity index (χ1v) is 11.2. The largest absolute Gasteiger partial charge is 0.481 e. The van der Waals surface area contributed by atoms with E-state index in [9.17, 15) is 14.7 Å². The summed E-state index contributed by atoms with van der Waals surface area (Å²) in [6, 6.07) is 2.63. The van der Waals surface area contributed by atoms with Gasteiger partial charge in [-0.1, -0.05) is 12.2 Å². The molecule has 0 saturated heterocycles. The molecule has 0 unspecified atom stereocenters. The fourth-order valence-electron chi connectivity index (χ4n) is 4.70. The van der Waals surface area contributed by atoms with Crippen LogP contribution in [-0.4, -0.2) is 44.0 Å². The molecule has 0 saturated carbocycles. The third-order valence-electron chi connectivity index (χ3n) is 6.44. The van der Waals surface area contributed by atoms with Gasteiger partial charge in [0, 0.05) is 36.3 Å².